The molecule has 3 heterocycles. The topological polar surface area (TPSA) is 65.5 Å². The van der Waals surface area contributed by atoms with Gasteiger partial charge in [-0.05, 0) is 55.2 Å². The van der Waals surface area contributed by atoms with Crippen LogP contribution in [0.2, 0.25) is 0 Å². The highest BCUT2D eigenvalue weighted by Crippen LogP contribution is 2.42. The number of anilines is 1. The Kier molecular flexibility index (Phi) is 7.47. The van der Waals surface area contributed by atoms with Crippen LogP contribution in [0.25, 0.3) is 10.6 Å². The highest BCUT2D eigenvalue weighted by Gasteiger charge is 2.53. The fraction of sp³-hybridized carbons (Fsp3) is 0.640. The van der Waals surface area contributed by atoms with Gasteiger partial charge in [-0.2, -0.15) is 43.8 Å². The summed E-state index contributed by atoms with van der Waals surface area (Å²) in [4.78, 5) is 6.46. The Morgan fingerprint density at radius 1 is 1.13 bits per heavy atom. The average Bonchev–Trinajstić information content (AvgIpc) is 3.39. The van der Waals surface area contributed by atoms with Crippen LogP contribution in [-0.2, 0) is 23.1 Å². The molecule has 14 heteroatoms. The van der Waals surface area contributed by atoms with E-state index in [0.29, 0.717) is 43.1 Å². The Morgan fingerprint density at radius 2 is 1.85 bits per heavy atom. The van der Waals surface area contributed by atoms with Crippen molar-refractivity contribution in [1.29, 1.82) is 0 Å². The predicted octanol–water partition coefficient (Wildman–Crippen LogP) is 5.55. The Balaban J connectivity index is 1.34. The Hall–Kier alpha value is -1.90. The van der Waals surface area contributed by atoms with Crippen molar-refractivity contribution in [3.8, 4) is 10.6 Å². The van der Waals surface area contributed by atoms with Gasteiger partial charge in [0, 0.05) is 25.2 Å². The van der Waals surface area contributed by atoms with Crippen molar-refractivity contribution < 1.29 is 34.8 Å². The van der Waals surface area contributed by atoms with Crippen molar-refractivity contribution >= 4 is 26.5 Å². The maximum Gasteiger partial charge on any atom is 0.402 e. The number of benzene rings is 1. The number of hydrogen-bond acceptors (Lipinski definition) is 5. The van der Waals surface area contributed by atoms with Crippen molar-refractivity contribution in [1.82, 2.24) is 14.0 Å². The number of piperidine rings is 1. The molecule has 1 spiro atoms. The van der Waals surface area contributed by atoms with Crippen LogP contribution in [0.1, 0.15) is 43.7 Å². The standard InChI is InChI=1S/C25H30F6N4O2S2/c1-2-19-12-18-11-17(22-32-13-21(38-22)34-9-6-20(7-10-34)25(29,30)31)4-3-16(18)5-8-23(19)14-35(15-24(26,27)28)39(36,37)33-23/h3-4,11,13,19-20,33H,2,5-10,12,14-15H2,1H3/t19-,23+/m1/s1. The normalized spacial score (nSPS) is 26.6. The van der Waals surface area contributed by atoms with E-state index in [9.17, 15) is 34.8 Å². The third kappa shape index (κ3) is 5.94. The smallest absolute Gasteiger partial charge is 0.362 e. The number of thiazole rings is 1. The van der Waals surface area contributed by atoms with E-state index in [1.165, 1.54) is 11.3 Å². The summed E-state index contributed by atoms with van der Waals surface area (Å²) in [5.74, 6) is -1.48. The number of alkyl halides is 6. The summed E-state index contributed by atoms with van der Waals surface area (Å²) in [7, 11) is -4.26. The van der Waals surface area contributed by atoms with E-state index < -0.39 is 40.6 Å². The second kappa shape index (κ2) is 10.2. The lowest BCUT2D eigenvalue weighted by atomic mass is 9.78. The summed E-state index contributed by atoms with van der Waals surface area (Å²) in [6.07, 6.45) is -5.01. The SMILES string of the molecule is CC[C@@H]1Cc2cc(-c3ncc(N4CCC(C(F)(F)F)CC4)s3)ccc2CC[C@]12CN(CC(F)(F)F)S(=O)(=O)N2. The fourth-order valence-electron chi connectivity index (χ4n) is 6.16. The van der Waals surface area contributed by atoms with Crippen LogP contribution in [0.4, 0.5) is 31.3 Å². The van der Waals surface area contributed by atoms with Crippen molar-refractivity contribution in [3.05, 3.63) is 35.5 Å². The van der Waals surface area contributed by atoms with E-state index in [2.05, 4.69) is 9.71 Å². The van der Waals surface area contributed by atoms with Crippen molar-refractivity contribution in [2.24, 2.45) is 11.8 Å². The van der Waals surface area contributed by atoms with Crippen LogP contribution in [0.5, 0.6) is 0 Å². The first-order chi connectivity index (χ1) is 18.2. The lowest BCUT2D eigenvalue weighted by Gasteiger charge is -2.34. The first-order valence-corrected chi connectivity index (χ1v) is 15.2. The van der Waals surface area contributed by atoms with E-state index in [1.54, 1.807) is 6.20 Å². The maximum absolute atomic E-state index is 13.1. The number of aromatic nitrogens is 1. The molecule has 2 aliphatic heterocycles. The lowest BCUT2D eigenvalue weighted by Crippen LogP contribution is -2.50. The highest BCUT2D eigenvalue weighted by atomic mass is 32.2. The van der Waals surface area contributed by atoms with Crippen molar-refractivity contribution in [2.45, 2.75) is 63.3 Å². The minimum Gasteiger partial charge on any atom is -0.362 e. The Bertz CT molecular complexity index is 1300. The summed E-state index contributed by atoms with van der Waals surface area (Å²) < 4.78 is 107. The molecule has 39 heavy (non-hydrogen) atoms. The number of nitrogens with one attached hydrogen (secondary N) is 1. The second-order valence-corrected chi connectivity index (χ2v) is 13.4. The van der Waals surface area contributed by atoms with Crippen molar-refractivity contribution in [3.63, 3.8) is 0 Å². The molecule has 0 bridgehead atoms. The van der Waals surface area contributed by atoms with Gasteiger partial charge < -0.3 is 4.90 Å². The average molecular weight is 597 g/mol. The molecule has 6 nitrogen and oxygen atoms in total. The summed E-state index contributed by atoms with van der Waals surface area (Å²) in [6.45, 7) is 0.805. The Morgan fingerprint density at radius 3 is 2.49 bits per heavy atom. The van der Waals surface area contributed by atoms with Gasteiger partial charge in [-0.3, -0.25) is 0 Å². The number of rotatable bonds is 4. The second-order valence-electron chi connectivity index (χ2n) is 10.7. The van der Waals surface area contributed by atoms with Crippen LogP contribution in [0, 0.1) is 11.8 Å². The number of hydrogen-bond donors (Lipinski definition) is 1. The van der Waals surface area contributed by atoms with E-state index in [4.69, 9.17) is 0 Å². The van der Waals surface area contributed by atoms with Crippen LogP contribution in [0.3, 0.4) is 0 Å². The van der Waals surface area contributed by atoms with Gasteiger partial charge in [-0.15, -0.1) is 0 Å². The molecular weight excluding hydrogens is 566 g/mol. The first-order valence-electron chi connectivity index (χ1n) is 12.9. The van der Waals surface area contributed by atoms with Crippen LogP contribution in [-0.4, -0.2) is 61.8 Å². The monoisotopic (exact) mass is 596 g/mol. The third-order valence-electron chi connectivity index (χ3n) is 8.28. The number of nitrogens with zero attached hydrogens (tertiary/aromatic N) is 3. The first kappa shape index (κ1) is 28.6. The molecule has 0 saturated carbocycles. The quantitative estimate of drug-likeness (QED) is 0.470. The van der Waals surface area contributed by atoms with Gasteiger partial charge in [0.25, 0.3) is 10.2 Å². The molecule has 216 valence electrons. The molecule has 1 aliphatic carbocycles. The number of aryl methyl sites for hydroxylation is 1. The minimum absolute atomic E-state index is 0.0554. The van der Waals surface area contributed by atoms with Gasteiger partial charge >= 0.3 is 12.4 Å². The molecule has 1 aromatic heterocycles. The number of fused-ring (bicyclic) bond motifs is 1. The number of halogens is 6. The lowest BCUT2D eigenvalue weighted by molar-refractivity contribution is -0.179. The molecule has 2 fully saturated rings. The summed E-state index contributed by atoms with van der Waals surface area (Å²) >= 11 is 1.42. The van der Waals surface area contributed by atoms with Crippen molar-refractivity contribution in [2.75, 3.05) is 31.1 Å². The molecule has 0 amide bonds. The van der Waals surface area contributed by atoms with Gasteiger partial charge in [0.05, 0.1) is 17.7 Å². The van der Waals surface area contributed by atoms with E-state index in [0.717, 1.165) is 26.7 Å². The zero-order chi connectivity index (χ0) is 28.2. The fourth-order valence-corrected chi connectivity index (χ4v) is 8.82. The molecule has 2 aromatic rings. The molecule has 1 N–H and O–H groups in total. The van der Waals surface area contributed by atoms with Gasteiger partial charge in [0.2, 0.25) is 0 Å². The Labute approximate surface area is 227 Å². The largest absolute Gasteiger partial charge is 0.402 e. The molecule has 2 saturated heterocycles. The van der Waals surface area contributed by atoms with E-state index >= 15 is 0 Å². The molecule has 3 aliphatic rings. The summed E-state index contributed by atoms with van der Waals surface area (Å²) in [6, 6.07) is 5.89. The maximum atomic E-state index is 13.1. The molecule has 0 radical (unpaired) electrons. The third-order valence-corrected chi connectivity index (χ3v) is 11.0. The highest BCUT2D eigenvalue weighted by molar-refractivity contribution is 7.87. The van der Waals surface area contributed by atoms with Crippen LogP contribution >= 0.6 is 11.3 Å². The molecule has 5 rings (SSSR count). The zero-order valence-corrected chi connectivity index (χ0v) is 22.9. The van der Waals surface area contributed by atoms with Crippen LogP contribution < -0.4 is 9.62 Å². The van der Waals surface area contributed by atoms with Gasteiger partial charge in [-0.1, -0.05) is 36.8 Å². The molecule has 0 unspecified atom stereocenters. The van der Waals surface area contributed by atoms with E-state index in [-0.39, 0.29) is 25.3 Å². The molecule has 1 aromatic carbocycles. The molecular formula is C25H30F6N4O2S2. The van der Waals surface area contributed by atoms with Gasteiger partial charge in [-0.25, -0.2) is 4.98 Å². The summed E-state index contributed by atoms with van der Waals surface area (Å²) in [5.41, 5.74) is 1.89. The summed E-state index contributed by atoms with van der Waals surface area (Å²) in [5, 5.41) is 1.55. The predicted molar refractivity (Wildman–Crippen MR) is 137 cm³/mol. The zero-order valence-electron chi connectivity index (χ0n) is 21.3. The minimum atomic E-state index is -4.63. The molecule has 2 atom stereocenters. The van der Waals surface area contributed by atoms with Gasteiger partial charge in [0.1, 0.15) is 16.6 Å². The van der Waals surface area contributed by atoms with Crippen LogP contribution in [0.15, 0.2) is 24.4 Å². The van der Waals surface area contributed by atoms with Gasteiger partial charge in [0.15, 0.2) is 0 Å². The van der Waals surface area contributed by atoms with E-state index in [1.807, 2.05) is 30.0 Å².